The molecule has 1 atom stereocenters. The summed E-state index contributed by atoms with van der Waals surface area (Å²) in [7, 11) is 1.68. The van der Waals surface area contributed by atoms with Gasteiger partial charge in [0.2, 0.25) is 0 Å². The number of benzene rings is 2. The second-order valence-electron chi connectivity index (χ2n) is 6.12. The highest BCUT2D eigenvalue weighted by Crippen LogP contribution is 2.15. The van der Waals surface area contributed by atoms with Crippen molar-refractivity contribution in [1.29, 1.82) is 0 Å². The van der Waals surface area contributed by atoms with Gasteiger partial charge < -0.3 is 19.7 Å². The number of nitrogens with zero attached hydrogens (tertiary/aromatic N) is 1. The second-order valence-corrected chi connectivity index (χ2v) is 6.12. The number of rotatable bonds is 7. The number of carbonyl (C=O) groups is 1. The SMILES string of the molecule is CN(CC(O)COCc1ccccc1)C(=O)c1ccc2cc[nH]c2c1. The summed E-state index contributed by atoms with van der Waals surface area (Å²) in [4.78, 5) is 17.1. The first-order chi connectivity index (χ1) is 12.1. The van der Waals surface area contributed by atoms with Crippen LogP contribution in [0.15, 0.2) is 60.8 Å². The van der Waals surface area contributed by atoms with Crippen molar-refractivity contribution >= 4 is 16.8 Å². The zero-order chi connectivity index (χ0) is 17.6. The van der Waals surface area contributed by atoms with Gasteiger partial charge in [0.25, 0.3) is 5.91 Å². The van der Waals surface area contributed by atoms with Gasteiger partial charge in [0, 0.05) is 30.9 Å². The monoisotopic (exact) mass is 338 g/mol. The highest BCUT2D eigenvalue weighted by atomic mass is 16.5. The van der Waals surface area contributed by atoms with Gasteiger partial charge in [-0.25, -0.2) is 0 Å². The molecule has 2 N–H and O–H groups in total. The Morgan fingerprint density at radius 2 is 2.00 bits per heavy atom. The lowest BCUT2D eigenvalue weighted by Gasteiger charge is -2.21. The van der Waals surface area contributed by atoms with E-state index in [0.717, 1.165) is 16.5 Å². The molecule has 25 heavy (non-hydrogen) atoms. The Balaban J connectivity index is 1.50. The lowest BCUT2D eigenvalue weighted by atomic mass is 10.1. The summed E-state index contributed by atoms with van der Waals surface area (Å²) in [5.74, 6) is -0.126. The molecule has 3 aromatic rings. The third-order valence-electron chi connectivity index (χ3n) is 4.06. The van der Waals surface area contributed by atoms with E-state index < -0.39 is 6.10 Å². The molecular formula is C20H22N2O3. The van der Waals surface area contributed by atoms with E-state index >= 15 is 0 Å². The molecule has 1 heterocycles. The van der Waals surface area contributed by atoms with Crippen LogP contribution in [0.3, 0.4) is 0 Å². The summed E-state index contributed by atoms with van der Waals surface area (Å²) in [5, 5.41) is 11.2. The second kappa shape index (κ2) is 7.96. The maximum absolute atomic E-state index is 12.5. The van der Waals surface area contributed by atoms with Crippen molar-refractivity contribution in [2.45, 2.75) is 12.7 Å². The zero-order valence-corrected chi connectivity index (χ0v) is 14.2. The molecule has 0 radical (unpaired) electrons. The summed E-state index contributed by atoms with van der Waals surface area (Å²) < 4.78 is 5.52. The third-order valence-corrected chi connectivity index (χ3v) is 4.06. The summed E-state index contributed by atoms with van der Waals surface area (Å²) in [6.45, 7) is 0.845. The largest absolute Gasteiger partial charge is 0.389 e. The first kappa shape index (κ1) is 17.2. The van der Waals surface area contributed by atoms with Gasteiger partial charge in [0.1, 0.15) is 0 Å². The number of fused-ring (bicyclic) bond motifs is 1. The van der Waals surface area contributed by atoms with E-state index in [0.29, 0.717) is 12.2 Å². The molecular weight excluding hydrogens is 316 g/mol. The number of aliphatic hydroxyl groups excluding tert-OH is 1. The van der Waals surface area contributed by atoms with E-state index in [1.165, 1.54) is 4.90 Å². The maximum Gasteiger partial charge on any atom is 0.253 e. The third kappa shape index (κ3) is 4.47. The van der Waals surface area contributed by atoms with Crippen molar-refractivity contribution in [3.05, 3.63) is 71.9 Å². The molecule has 0 spiro atoms. The van der Waals surface area contributed by atoms with Crippen LogP contribution in [-0.2, 0) is 11.3 Å². The van der Waals surface area contributed by atoms with Crippen molar-refractivity contribution in [3.8, 4) is 0 Å². The van der Waals surface area contributed by atoms with Gasteiger partial charge in [-0.3, -0.25) is 4.79 Å². The lowest BCUT2D eigenvalue weighted by Crippen LogP contribution is -2.36. The van der Waals surface area contributed by atoms with Gasteiger partial charge in [0.15, 0.2) is 0 Å². The number of nitrogens with one attached hydrogen (secondary N) is 1. The number of hydrogen-bond acceptors (Lipinski definition) is 3. The number of amides is 1. The minimum absolute atomic E-state index is 0.126. The van der Waals surface area contributed by atoms with Crippen molar-refractivity contribution in [2.24, 2.45) is 0 Å². The maximum atomic E-state index is 12.5. The minimum atomic E-state index is -0.730. The number of aromatic amines is 1. The Hall–Kier alpha value is -2.63. The molecule has 130 valence electrons. The van der Waals surface area contributed by atoms with Crippen molar-refractivity contribution < 1.29 is 14.6 Å². The van der Waals surface area contributed by atoms with Gasteiger partial charge in [0.05, 0.1) is 19.3 Å². The Bertz CT molecular complexity index is 829. The average Bonchev–Trinajstić information content (AvgIpc) is 3.09. The van der Waals surface area contributed by atoms with Crippen molar-refractivity contribution in [2.75, 3.05) is 20.2 Å². The van der Waals surface area contributed by atoms with Crippen LogP contribution in [0.1, 0.15) is 15.9 Å². The molecule has 1 unspecified atom stereocenters. The topological polar surface area (TPSA) is 65.6 Å². The number of ether oxygens (including phenoxy) is 1. The molecule has 1 aromatic heterocycles. The molecule has 5 heteroatoms. The normalized spacial score (nSPS) is 12.2. The molecule has 1 amide bonds. The molecule has 0 aliphatic carbocycles. The molecule has 0 fully saturated rings. The number of likely N-dealkylation sites (N-methyl/N-ethyl adjacent to an activating group) is 1. The minimum Gasteiger partial charge on any atom is -0.389 e. The Kier molecular flexibility index (Phi) is 5.48. The Morgan fingerprint density at radius 1 is 1.20 bits per heavy atom. The number of aliphatic hydroxyl groups is 1. The van der Waals surface area contributed by atoms with Crippen LogP contribution in [0.4, 0.5) is 0 Å². The average molecular weight is 338 g/mol. The highest BCUT2D eigenvalue weighted by Gasteiger charge is 2.16. The molecule has 0 bridgehead atoms. The van der Waals surface area contributed by atoms with E-state index in [-0.39, 0.29) is 19.1 Å². The van der Waals surface area contributed by atoms with E-state index in [1.807, 2.05) is 54.7 Å². The molecule has 2 aromatic carbocycles. The van der Waals surface area contributed by atoms with Gasteiger partial charge in [-0.2, -0.15) is 0 Å². The lowest BCUT2D eigenvalue weighted by molar-refractivity contribution is 0.0137. The number of carbonyl (C=O) groups excluding carboxylic acids is 1. The number of H-pyrrole nitrogens is 1. The van der Waals surface area contributed by atoms with Crippen LogP contribution >= 0.6 is 0 Å². The molecule has 3 rings (SSSR count). The van der Waals surface area contributed by atoms with Crippen LogP contribution in [0, 0.1) is 0 Å². The van der Waals surface area contributed by atoms with Crippen LogP contribution < -0.4 is 0 Å². The van der Waals surface area contributed by atoms with E-state index in [9.17, 15) is 9.90 Å². The first-order valence-corrected chi connectivity index (χ1v) is 8.26. The van der Waals surface area contributed by atoms with Crippen LogP contribution in [0.5, 0.6) is 0 Å². The first-order valence-electron chi connectivity index (χ1n) is 8.26. The molecule has 0 aliphatic heterocycles. The molecule has 0 saturated carbocycles. The summed E-state index contributed by atoms with van der Waals surface area (Å²) in [6.07, 6.45) is 1.11. The Labute approximate surface area is 146 Å². The number of hydrogen-bond donors (Lipinski definition) is 2. The fourth-order valence-corrected chi connectivity index (χ4v) is 2.74. The van der Waals surface area contributed by atoms with Crippen molar-refractivity contribution in [1.82, 2.24) is 9.88 Å². The summed E-state index contributed by atoms with van der Waals surface area (Å²) >= 11 is 0. The quantitative estimate of drug-likeness (QED) is 0.696. The predicted molar refractivity (Wildman–Crippen MR) is 97.4 cm³/mol. The van der Waals surface area contributed by atoms with Crippen LogP contribution in [0.25, 0.3) is 10.9 Å². The smallest absolute Gasteiger partial charge is 0.253 e. The van der Waals surface area contributed by atoms with Gasteiger partial charge >= 0.3 is 0 Å². The van der Waals surface area contributed by atoms with Gasteiger partial charge in [-0.15, -0.1) is 0 Å². The highest BCUT2D eigenvalue weighted by molar-refractivity contribution is 5.97. The van der Waals surface area contributed by atoms with Crippen LogP contribution in [0.2, 0.25) is 0 Å². The van der Waals surface area contributed by atoms with E-state index in [2.05, 4.69) is 4.98 Å². The van der Waals surface area contributed by atoms with Gasteiger partial charge in [-0.1, -0.05) is 36.4 Å². The Morgan fingerprint density at radius 3 is 2.80 bits per heavy atom. The summed E-state index contributed by atoms with van der Waals surface area (Å²) in [6, 6.07) is 17.3. The molecule has 5 nitrogen and oxygen atoms in total. The zero-order valence-electron chi connectivity index (χ0n) is 14.2. The predicted octanol–water partition coefficient (Wildman–Crippen LogP) is 2.82. The standard InChI is InChI=1S/C20H22N2O3/c1-22(12-18(23)14-25-13-15-5-3-2-4-6-15)20(24)17-8-7-16-9-10-21-19(16)11-17/h2-11,18,21,23H,12-14H2,1H3. The van der Waals surface area contributed by atoms with E-state index in [1.54, 1.807) is 13.1 Å². The van der Waals surface area contributed by atoms with Crippen LogP contribution in [-0.4, -0.2) is 47.2 Å². The van der Waals surface area contributed by atoms with E-state index in [4.69, 9.17) is 4.74 Å². The van der Waals surface area contributed by atoms with Crippen molar-refractivity contribution in [3.63, 3.8) is 0 Å². The molecule has 0 saturated heterocycles. The molecule has 0 aliphatic rings. The fraction of sp³-hybridized carbons (Fsp3) is 0.250. The number of aromatic nitrogens is 1. The fourth-order valence-electron chi connectivity index (χ4n) is 2.74. The summed E-state index contributed by atoms with van der Waals surface area (Å²) in [5.41, 5.74) is 2.57. The van der Waals surface area contributed by atoms with Gasteiger partial charge in [-0.05, 0) is 29.1 Å².